The predicted octanol–water partition coefficient (Wildman–Crippen LogP) is 2.37. The van der Waals surface area contributed by atoms with E-state index >= 15 is 0 Å². The number of rotatable bonds is 2. The van der Waals surface area contributed by atoms with E-state index in [0.717, 1.165) is 29.5 Å². The van der Waals surface area contributed by atoms with E-state index in [1.807, 2.05) is 18.7 Å². The molecular formula is C15H24N4. The van der Waals surface area contributed by atoms with Gasteiger partial charge in [-0.2, -0.15) is 5.10 Å². The van der Waals surface area contributed by atoms with E-state index in [9.17, 15) is 0 Å². The van der Waals surface area contributed by atoms with Crippen LogP contribution in [0.4, 0.5) is 0 Å². The van der Waals surface area contributed by atoms with Gasteiger partial charge in [0.25, 0.3) is 0 Å². The van der Waals surface area contributed by atoms with Crippen molar-refractivity contribution in [1.29, 1.82) is 0 Å². The Kier molecular flexibility index (Phi) is 2.53. The second kappa shape index (κ2) is 4.05. The first kappa shape index (κ1) is 11.9. The molecule has 4 saturated carbocycles. The predicted molar refractivity (Wildman–Crippen MR) is 73.4 cm³/mol. The molecule has 4 heteroatoms. The molecule has 5 rings (SSSR count). The highest BCUT2D eigenvalue weighted by Gasteiger charge is 2.50. The van der Waals surface area contributed by atoms with E-state index < -0.39 is 0 Å². The van der Waals surface area contributed by atoms with E-state index in [-0.39, 0.29) is 6.04 Å². The molecule has 0 saturated heterocycles. The first-order chi connectivity index (χ1) is 9.11. The molecule has 0 spiro atoms. The molecule has 1 heterocycles. The molecule has 4 bridgehead atoms. The molecule has 4 fully saturated rings. The minimum absolute atomic E-state index is 0.0585. The molecular weight excluding hydrogens is 236 g/mol. The molecule has 0 amide bonds. The van der Waals surface area contributed by atoms with Gasteiger partial charge < -0.3 is 5.73 Å². The second-order valence-corrected chi connectivity index (χ2v) is 7.20. The standard InChI is InChI=1S/C15H24N4/c1-8(16)14-17-15(19(2)18-14)13-11-4-9-3-10(6-11)7-12(13)5-9/h8-13H,3-7,16H2,1-2H3. The zero-order valence-electron chi connectivity index (χ0n) is 11.9. The Bertz CT molecular complexity index is 462. The summed E-state index contributed by atoms with van der Waals surface area (Å²) in [5.41, 5.74) is 5.93. The van der Waals surface area contributed by atoms with Gasteiger partial charge in [-0.05, 0) is 62.7 Å². The Labute approximate surface area is 114 Å². The van der Waals surface area contributed by atoms with Crippen molar-refractivity contribution in [1.82, 2.24) is 14.8 Å². The molecule has 0 radical (unpaired) electrons. The van der Waals surface area contributed by atoms with E-state index in [4.69, 9.17) is 10.7 Å². The molecule has 1 aromatic heterocycles. The third kappa shape index (κ3) is 1.76. The molecule has 2 N–H and O–H groups in total. The highest BCUT2D eigenvalue weighted by molar-refractivity contribution is 5.12. The average Bonchev–Trinajstić information content (AvgIpc) is 2.70. The van der Waals surface area contributed by atoms with Gasteiger partial charge >= 0.3 is 0 Å². The second-order valence-electron chi connectivity index (χ2n) is 7.20. The van der Waals surface area contributed by atoms with Crippen LogP contribution in [0.3, 0.4) is 0 Å². The monoisotopic (exact) mass is 260 g/mol. The van der Waals surface area contributed by atoms with E-state index in [0.29, 0.717) is 5.92 Å². The summed E-state index contributed by atoms with van der Waals surface area (Å²) < 4.78 is 2.01. The number of hydrogen-bond donors (Lipinski definition) is 1. The Morgan fingerprint density at radius 2 is 1.68 bits per heavy atom. The summed E-state index contributed by atoms with van der Waals surface area (Å²) >= 11 is 0. The zero-order valence-corrected chi connectivity index (χ0v) is 11.9. The Balaban J connectivity index is 1.69. The van der Waals surface area contributed by atoms with Gasteiger partial charge in [0, 0.05) is 13.0 Å². The molecule has 4 nitrogen and oxygen atoms in total. The van der Waals surface area contributed by atoms with E-state index in [2.05, 4.69) is 5.10 Å². The van der Waals surface area contributed by atoms with Crippen molar-refractivity contribution in [3.63, 3.8) is 0 Å². The van der Waals surface area contributed by atoms with Crippen molar-refractivity contribution in [2.45, 2.75) is 51.0 Å². The summed E-state index contributed by atoms with van der Waals surface area (Å²) in [6, 6.07) is -0.0585. The molecule has 19 heavy (non-hydrogen) atoms. The number of hydrogen-bond acceptors (Lipinski definition) is 3. The van der Waals surface area contributed by atoms with Crippen molar-refractivity contribution < 1.29 is 0 Å². The van der Waals surface area contributed by atoms with Crippen molar-refractivity contribution in [3.05, 3.63) is 11.6 Å². The average molecular weight is 260 g/mol. The molecule has 104 valence electrons. The lowest BCUT2D eigenvalue weighted by Gasteiger charge is -2.53. The van der Waals surface area contributed by atoms with Gasteiger partial charge in [0.1, 0.15) is 5.82 Å². The molecule has 1 aromatic rings. The first-order valence-electron chi connectivity index (χ1n) is 7.78. The van der Waals surface area contributed by atoms with Crippen LogP contribution >= 0.6 is 0 Å². The fourth-order valence-electron chi connectivity index (χ4n) is 5.25. The fourth-order valence-corrected chi connectivity index (χ4v) is 5.25. The molecule has 0 aromatic carbocycles. The largest absolute Gasteiger partial charge is 0.321 e. The minimum Gasteiger partial charge on any atom is -0.321 e. The highest BCUT2D eigenvalue weighted by atomic mass is 15.3. The van der Waals surface area contributed by atoms with Crippen LogP contribution in [-0.4, -0.2) is 14.8 Å². The first-order valence-corrected chi connectivity index (χ1v) is 7.78. The quantitative estimate of drug-likeness (QED) is 0.888. The number of aryl methyl sites for hydroxylation is 1. The van der Waals surface area contributed by atoms with Gasteiger partial charge in [0.15, 0.2) is 5.82 Å². The third-order valence-electron chi connectivity index (χ3n) is 5.75. The summed E-state index contributed by atoms with van der Waals surface area (Å²) in [7, 11) is 2.04. The molecule has 1 atom stereocenters. The van der Waals surface area contributed by atoms with Crippen LogP contribution in [0.5, 0.6) is 0 Å². The van der Waals surface area contributed by atoms with Crippen molar-refractivity contribution in [3.8, 4) is 0 Å². The maximum Gasteiger partial charge on any atom is 0.167 e. The Morgan fingerprint density at radius 3 is 2.16 bits per heavy atom. The summed E-state index contributed by atoms with van der Waals surface area (Å²) in [5, 5.41) is 4.52. The van der Waals surface area contributed by atoms with Gasteiger partial charge in [-0.15, -0.1) is 0 Å². The van der Waals surface area contributed by atoms with Gasteiger partial charge in [-0.3, -0.25) is 4.68 Å². The van der Waals surface area contributed by atoms with Gasteiger partial charge in [0.05, 0.1) is 6.04 Å². The lowest BCUT2D eigenvalue weighted by atomic mass is 9.51. The summed E-state index contributed by atoms with van der Waals surface area (Å²) in [6.45, 7) is 1.97. The number of nitrogens with two attached hydrogens (primary N) is 1. The van der Waals surface area contributed by atoms with E-state index in [1.54, 1.807) is 0 Å². The van der Waals surface area contributed by atoms with Gasteiger partial charge in [-0.1, -0.05) is 0 Å². The molecule has 1 unspecified atom stereocenters. The Morgan fingerprint density at radius 1 is 1.11 bits per heavy atom. The number of aromatic nitrogens is 3. The normalized spacial score (nSPS) is 41.7. The fraction of sp³-hybridized carbons (Fsp3) is 0.867. The third-order valence-corrected chi connectivity index (χ3v) is 5.75. The van der Waals surface area contributed by atoms with Gasteiger partial charge in [0.2, 0.25) is 0 Å². The van der Waals surface area contributed by atoms with Crippen LogP contribution in [0.15, 0.2) is 0 Å². The van der Waals surface area contributed by atoms with Crippen molar-refractivity contribution >= 4 is 0 Å². The molecule has 0 aliphatic heterocycles. The number of nitrogens with zero attached hydrogens (tertiary/aromatic N) is 3. The summed E-state index contributed by atoms with van der Waals surface area (Å²) in [4.78, 5) is 4.78. The summed E-state index contributed by atoms with van der Waals surface area (Å²) in [5.74, 6) is 6.42. The van der Waals surface area contributed by atoms with Crippen molar-refractivity contribution in [2.24, 2.45) is 36.5 Å². The topological polar surface area (TPSA) is 56.7 Å². The lowest BCUT2D eigenvalue weighted by Crippen LogP contribution is -2.44. The van der Waals surface area contributed by atoms with Crippen LogP contribution in [0, 0.1) is 23.7 Å². The maximum atomic E-state index is 5.93. The molecule has 4 aliphatic rings. The van der Waals surface area contributed by atoms with Crippen molar-refractivity contribution in [2.75, 3.05) is 0 Å². The minimum atomic E-state index is -0.0585. The van der Waals surface area contributed by atoms with Crippen LogP contribution in [-0.2, 0) is 7.05 Å². The lowest BCUT2D eigenvalue weighted by molar-refractivity contribution is -0.00678. The maximum absolute atomic E-state index is 5.93. The summed E-state index contributed by atoms with van der Waals surface area (Å²) in [6.07, 6.45) is 7.22. The Hall–Kier alpha value is -0.900. The van der Waals surface area contributed by atoms with E-state index in [1.165, 1.54) is 37.9 Å². The van der Waals surface area contributed by atoms with Gasteiger partial charge in [-0.25, -0.2) is 4.98 Å². The zero-order chi connectivity index (χ0) is 13.1. The molecule has 4 aliphatic carbocycles. The highest BCUT2D eigenvalue weighted by Crippen LogP contribution is 2.59. The van der Waals surface area contributed by atoms with Crippen LogP contribution < -0.4 is 5.73 Å². The smallest absolute Gasteiger partial charge is 0.167 e. The van der Waals surface area contributed by atoms with Crippen LogP contribution in [0.1, 0.15) is 62.6 Å². The van der Waals surface area contributed by atoms with Crippen LogP contribution in [0.25, 0.3) is 0 Å². The SMILES string of the molecule is CC(N)c1nc(C2C3CC4CC(C3)CC2C4)n(C)n1. The van der Waals surface area contributed by atoms with Crippen LogP contribution in [0.2, 0.25) is 0 Å².